The summed E-state index contributed by atoms with van der Waals surface area (Å²) >= 11 is 3.79. The zero-order chi connectivity index (χ0) is 37.8. The second kappa shape index (κ2) is 13.6. The molecule has 54 heavy (non-hydrogen) atoms. The van der Waals surface area contributed by atoms with Crippen molar-refractivity contribution in [3.8, 4) is 27.9 Å². The minimum Gasteiger partial charge on any atom is -0.309 e. The average Bonchev–Trinajstić information content (AvgIpc) is 3.51. The van der Waals surface area contributed by atoms with Gasteiger partial charge >= 0.3 is 0 Å². The van der Waals surface area contributed by atoms with Crippen molar-refractivity contribution in [3.05, 3.63) is 168 Å². The Bertz CT molecular complexity index is 2640. The summed E-state index contributed by atoms with van der Waals surface area (Å²) in [5.41, 5.74) is 9.67. The number of nitrogens with zero attached hydrogens (tertiary/aromatic N) is 3. The Morgan fingerprint density at radius 1 is 0.500 bits per heavy atom. The van der Waals surface area contributed by atoms with E-state index in [1.54, 1.807) is 12.4 Å². The molecule has 1 unspecified atom stereocenters. The van der Waals surface area contributed by atoms with Crippen LogP contribution in [0, 0.1) is 0 Å². The van der Waals surface area contributed by atoms with Crippen molar-refractivity contribution >= 4 is 60.8 Å². The van der Waals surface area contributed by atoms with E-state index < -0.39 is 7.14 Å². The van der Waals surface area contributed by atoms with Gasteiger partial charge < -0.3 is 9.13 Å². The summed E-state index contributed by atoms with van der Waals surface area (Å²) in [6.45, 7) is 13.6. The lowest BCUT2D eigenvalue weighted by Crippen LogP contribution is -2.26. The van der Waals surface area contributed by atoms with Crippen LogP contribution < -0.4 is 15.9 Å². The zero-order valence-corrected chi connectivity index (χ0v) is 34.0. The van der Waals surface area contributed by atoms with Gasteiger partial charge in [0.05, 0.1) is 11.0 Å². The molecule has 0 bridgehead atoms. The van der Waals surface area contributed by atoms with Crippen molar-refractivity contribution in [1.82, 2.24) is 14.5 Å². The first-order valence-corrected chi connectivity index (χ1v) is 20.8. The second-order valence-electron chi connectivity index (χ2n) is 16.2. The van der Waals surface area contributed by atoms with Crippen LogP contribution >= 0.6 is 23.1 Å². The molecule has 3 heterocycles. The molecule has 0 spiro atoms. The summed E-state index contributed by atoms with van der Waals surface area (Å²) in [5.74, 6) is 0. The molecule has 0 aliphatic carbocycles. The van der Waals surface area contributed by atoms with Crippen LogP contribution in [0.25, 0.3) is 49.7 Å². The van der Waals surface area contributed by atoms with Gasteiger partial charge in [-0.3, -0.25) is 9.97 Å². The third-order valence-corrected chi connectivity index (χ3v) is 13.9. The van der Waals surface area contributed by atoms with E-state index in [4.69, 9.17) is 0 Å². The number of pyridine rings is 2. The molecule has 0 amide bonds. The largest absolute Gasteiger partial charge is 0.309 e. The average molecular weight is 789 g/mol. The summed E-state index contributed by atoms with van der Waals surface area (Å²) in [6.07, 6.45) is 7.21. The number of fused-ring (bicyclic) bond motifs is 3. The quantitative estimate of drug-likeness (QED) is 0.158. The molecule has 6 heteroatoms. The lowest BCUT2D eigenvalue weighted by Gasteiger charge is -2.23. The first-order valence-electron chi connectivity index (χ1n) is 18.3. The number of hydrogen-bond donors (Lipinski definition) is 0. The van der Waals surface area contributed by atoms with Crippen LogP contribution in [0.4, 0.5) is 0 Å². The van der Waals surface area contributed by atoms with Gasteiger partial charge in [0.15, 0.2) is 7.14 Å². The molecule has 0 saturated heterocycles. The van der Waals surface area contributed by atoms with Crippen molar-refractivity contribution in [2.75, 3.05) is 0 Å². The fourth-order valence-corrected chi connectivity index (χ4v) is 10.8. The van der Waals surface area contributed by atoms with E-state index in [1.165, 1.54) is 21.9 Å². The predicted octanol–water partition coefficient (Wildman–Crippen LogP) is 11.9. The summed E-state index contributed by atoms with van der Waals surface area (Å²) < 4.78 is 19.7. The molecule has 3 aromatic heterocycles. The molecule has 0 saturated carbocycles. The molecular weight excluding hydrogens is 745 g/mol. The standard InChI is InChI=1S/C48H43BrN3OP/c1-47(2,3)36-12-14-45-43(28-36)44-29-37(48(4,5)6)13-15-46(44)52(45)39-25-35(33-18-22-51-23-19-33)27-42(31-39)54(53,40-10-8-7-9-11-40)41-26-34(24-38(49)30-41)32-16-20-50-21-17-32/h7-31H,1-6H3. The molecule has 0 fully saturated rings. The molecule has 5 aromatic carbocycles. The van der Waals surface area contributed by atoms with E-state index in [9.17, 15) is 0 Å². The van der Waals surface area contributed by atoms with E-state index in [0.717, 1.165) is 59.4 Å². The molecule has 1 atom stereocenters. The van der Waals surface area contributed by atoms with Gasteiger partial charge in [0.1, 0.15) is 0 Å². The topological polar surface area (TPSA) is 47.8 Å². The third-order valence-electron chi connectivity index (χ3n) is 10.4. The molecule has 268 valence electrons. The van der Waals surface area contributed by atoms with Gasteiger partial charge in [-0.05, 0) is 129 Å². The Labute approximate surface area is 326 Å². The summed E-state index contributed by atoms with van der Waals surface area (Å²) in [6, 6.07) is 44.4. The SMILES string of the molecule is CC(C)(C)c1ccc2c(c1)c1cc(C(C)(C)C)ccc1n2-c1cc(-c2ccncc2)cc(P(=O)(c2ccccc2)c2cc(Br)cc(-c3ccncc3)c2)c1. The molecule has 8 aromatic rings. The fraction of sp³-hybridized carbons (Fsp3) is 0.167. The Kier molecular flexibility index (Phi) is 9.07. The van der Waals surface area contributed by atoms with Crippen molar-refractivity contribution < 1.29 is 4.57 Å². The van der Waals surface area contributed by atoms with Gasteiger partial charge in [-0.25, -0.2) is 0 Å². The van der Waals surface area contributed by atoms with E-state index in [2.05, 4.69) is 139 Å². The lowest BCUT2D eigenvalue weighted by molar-refractivity contribution is 0.590. The monoisotopic (exact) mass is 787 g/mol. The van der Waals surface area contributed by atoms with Crippen LogP contribution in [0.5, 0.6) is 0 Å². The molecule has 0 radical (unpaired) electrons. The third kappa shape index (κ3) is 6.54. The van der Waals surface area contributed by atoms with Crippen LogP contribution in [0.2, 0.25) is 0 Å². The zero-order valence-electron chi connectivity index (χ0n) is 31.5. The van der Waals surface area contributed by atoms with Crippen LogP contribution in [-0.2, 0) is 15.4 Å². The van der Waals surface area contributed by atoms with Crippen molar-refractivity contribution in [2.45, 2.75) is 52.4 Å². The van der Waals surface area contributed by atoms with Gasteiger partial charge in [0, 0.05) is 61.6 Å². The van der Waals surface area contributed by atoms with Crippen molar-refractivity contribution in [1.29, 1.82) is 0 Å². The maximum Gasteiger partial charge on any atom is 0.171 e. The molecular formula is C48H43BrN3OP. The highest BCUT2D eigenvalue weighted by atomic mass is 79.9. The number of hydrogen-bond acceptors (Lipinski definition) is 3. The van der Waals surface area contributed by atoms with Gasteiger partial charge in [0.25, 0.3) is 0 Å². The highest BCUT2D eigenvalue weighted by molar-refractivity contribution is 9.10. The minimum absolute atomic E-state index is 0.0138. The van der Waals surface area contributed by atoms with Gasteiger partial charge in [-0.1, -0.05) is 99.9 Å². The van der Waals surface area contributed by atoms with Gasteiger partial charge in [-0.2, -0.15) is 0 Å². The van der Waals surface area contributed by atoms with E-state index in [-0.39, 0.29) is 10.8 Å². The van der Waals surface area contributed by atoms with Crippen LogP contribution in [0.1, 0.15) is 52.7 Å². The summed E-state index contributed by atoms with van der Waals surface area (Å²) in [4.78, 5) is 8.56. The Morgan fingerprint density at radius 3 is 1.48 bits per heavy atom. The number of benzene rings is 5. The molecule has 0 aliphatic rings. The van der Waals surface area contributed by atoms with Crippen LogP contribution in [0.3, 0.4) is 0 Å². The van der Waals surface area contributed by atoms with Crippen LogP contribution in [0.15, 0.2) is 157 Å². The molecule has 8 rings (SSSR count). The Balaban J connectivity index is 1.47. The van der Waals surface area contributed by atoms with Crippen molar-refractivity contribution in [3.63, 3.8) is 0 Å². The fourth-order valence-electron chi connectivity index (χ4n) is 7.40. The van der Waals surface area contributed by atoms with Gasteiger partial charge in [-0.15, -0.1) is 0 Å². The number of halogens is 1. The predicted molar refractivity (Wildman–Crippen MR) is 232 cm³/mol. The van der Waals surface area contributed by atoms with Crippen molar-refractivity contribution in [2.24, 2.45) is 0 Å². The Morgan fingerprint density at radius 2 is 0.981 bits per heavy atom. The van der Waals surface area contributed by atoms with E-state index in [1.807, 2.05) is 73.1 Å². The molecule has 4 nitrogen and oxygen atoms in total. The maximum absolute atomic E-state index is 16.4. The highest BCUT2D eigenvalue weighted by Crippen LogP contribution is 2.46. The van der Waals surface area contributed by atoms with Crippen LogP contribution in [-0.4, -0.2) is 14.5 Å². The highest BCUT2D eigenvalue weighted by Gasteiger charge is 2.32. The lowest BCUT2D eigenvalue weighted by atomic mass is 9.85. The first-order chi connectivity index (χ1) is 25.8. The van der Waals surface area contributed by atoms with Gasteiger partial charge in [0.2, 0.25) is 0 Å². The molecule has 0 N–H and O–H groups in total. The second-order valence-corrected chi connectivity index (χ2v) is 19.8. The smallest absolute Gasteiger partial charge is 0.171 e. The maximum atomic E-state index is 16.4. The summed E-state index contributed by atoms with van der Waals surface area (Å²) in [5, 5.41) is 4.69. The first kappa shape index (κ1) is 35.9. The normalized spacial score (nSPS) is 13.3. The number of aromatic nitrogens is 3. The number of rotatable bonds is 6. The molecule has 0 aliphatic heterocycles. The Hall–Kier alpha value is -5.09. The minimum atomic E-state index is -3.48. The van der Waals surface area contributed by atoms with E-state index in [0.29, 0.717) is 0 Å². The summed E-state index contributed by atoms with van der Waals surface area (Å²) in [7, 11) is -3.48. The van der Waals surface area contributed by atoms with E-state index >= 15 is 4.57 Å².